The summed E-state index contributed by atoms with van der Waals surface area (Å²) in [6.07, 6.45) is 0.280. The van der Waals surface area contributed by atoms with Gasteiger partial charge in [-0.05, 0) is 12.1 Å². The molecule has 5 nitrogen and oxygen atoms in total. The van der Waals surface area contributed by atoms with E-state index >= 15 is 0 Å². The molecule has 0 spiro atoms. The zero-order chi connectivity index (χ0) is 12.8. The van der Waals surface area contributed by atoms with Gasteiger partial charge in [-0.2, -0.15) is 0 Å². The molecule has 0 fully saturated rings. The lowest BCUT2D eigenvalue weighted by atomic mass is 10.2. The number of carboxylic acid groups (broad SMARTS) is 1. The summed E-state index contributed by atoms with van der Waals surface area (Å²) in [5.74, 6) is -1.07. The fourth-order valence-corrected chi connectivity index (χ4v) is 2.14. The van der Waals surface area contributed by atoms with Crippen LogP contribution in [0.3, 0.4) is 0 Å². The van der Waals surface area contributed by atoms with Crippen LogP contribution in [0.4, 0.5) is 4.39 Å². The van der Waals surface area contributed by atoms with E-state index in [-0.39, 0.29) is 37.1 Å². The Kier molecular flexibility index (Phi) is 10.7. The monoisotopic (exact) mass is 331 g/mol. The van der Waals surface area contributed by atoms with Gasteiger partial charge < -0.3 is 16.6 Å². The predicted octanol–water partition coefficient (Wildman–Crippen LogP) is 1.37. The quantitative estimate of drug-likeness (QED) is 0.541. The zero-order valence-electron chi connectivity index (χ0n) is 9.91. The van der Waals surface area contributed by atoms with Gasteiger partial charge in [0.05, 0.1) is 6.54 Å². The number of amidine groups is 1. The number of nitrogens with zero attached hydrogens (tertiary/aromatic N) is 1. The molecular weight excluding hydrogens is 316 g/mol. The van der Waals surface area contributed by atoms with Crippen molar-refractivity contribution < 1.29 is 14.3 Å². The molecule has 1 aromatic heterocycles. The minimum Gasteiger partial charge on any atom is -0.480 e. The Hall–Kier alpha value is -0.890. The van der Waals surface area contributed by atoms with E-state index < -0.39 is 18.7 Å². The second-order valence-corrected chi connectivity index (χ2v) is 4.71. The number of carboxylic acids is 1. The highest BCUT2D eigenvalue weighted by molar-refractivity contribution is 7.12. The standard InChI is InChI=1S/C10H14FN3O2S.2ClH/c11-4-9(13)14-5-7-2-1-6(17-7)3-8(12)10(15)16;;/h1-2,8H,3-5,12H2,(H2,13,14)(H,15,16);2*1H/t8-;;/m0../s1. The molecule has 110 valence electrons. The lowest BCUT2D eigenvalue weighted by Gasteiger charge is -2.02. The highest BCUT2D eigenvalue weighted by Gasteiger charge is 2.13. The minimum atomic E-state index is -1.03. The van der Waals surface area contributed by atoms with Crippen LogP contribution in [0.15, 0.2) is 17.1 Å². The summed E-state index contributed by atoms with van der Waals surface area (Å²) >= 11 is 1.40. The molecule has 0 unspecified atom stereocenters. The maximum atomic E-state index is 12.0. The highest BCUT2D eigenvalue weighted by atomic mass is 35.5. The van der Waals surface area contributed by atoms with Gasteiger partial charge in [-0.25, -0.2) is 4.39 Å². The largest absolute Gasteiger partial charge is 0.480 e. The molecule has 0 saturated carbocycles. The Morgan fingerprint density at radius 2 is 2.00 bits per heavy atom. The molecular formula is C10H16Cl2FN3O2S. The summed E-state index contributed by atoms with van der Waals surface area (Å²) in [6, 6.07) is 2.70. The second-order valence-electron chi connectivity index (χ2n) is 3.46. The molecule has 1 heterocycles. The van der Waals surface area contributed by atoms with Crippen LogP contribution in [0, 0.1) is 0 Å². The number of aliphatic imine (C=N–C) groups is 1. The normalized spacial score (nSPS) is 12.2. The summed E-state index contributed by atoms with van der Waals surface area (Å²) in [5, 5.41) is 8.66. The molecule has 1 atom stereocenters. The van der Waals surface area contributed by atoms with Crippen LogP contribution in [0.5, 0.6) is 0 Å². The van der Waals surface area contributed by atoms with E-state index in [0.29, 0.717) is 6.54 Å². The fourth-order valence-electron chi connectivity index (χ4n) is 1.14. The Morgan fingerprint density at radius 3 is 2.53 bits per heavy atom. The lowest BCUT2D eigenvalue weighted by Crippen LogP contribution is -2.31. The molecule has 0 bridgehead atoms. The number of alkyl halides is 1. The number of carbonyl (C=O) groups is 1. The predicted molar refractivity (Wildman–Crippen MR) is 79.4 cm³/mol. The van der Waals surface area contributed by atoms with Gasteiger partial charge in [-0.3, -0.25) is 9.79 Å². The smallest absolute Gasteiger partial charge is 0.320 e. The number of hydrogen-bond donors (Lipinski definition) is 3. The number of hydrogen-bond acceptors (Lipinski definition) is 4. The van der Waals surface area contributed by atoms with Gasteiger partial charge in [0.1, 0.15) is 18.6 Å². The van der Waals surface area contributed by atoms with Crippen molar-refractivity contribution in [2.45, 2.75) is 19.0 Å². The van der Waals surface area contributed by atoms with Gasteiger partial charge in [0, 0.05) is 16.2 Å². The molecule has 1 aromatic rings. The number of aliphatic carboxylic acids is 1. The first-order valence-corrected chi connectivity index (χ1v) is 5.75. The van der Waals surface area contributed by atoms with E-state index in [0.717, 1.165) is 9.75 Å². The van der Waals surface area contributed by atoms with Crippen molar-refractivity contribution in [3.05, 3.63) is 21.9 Å². The number of rotatable bonds is 6. The zero-order valence-corrected chi connectivity index (χ0v) is 12.4. The van der Waals surface area contributed by atoms with Crippen LogP contribution < -0.4 is 11.5 Å². The van der Waals surface area contributed by atoms with Crippen LogP contribution >= 0.6 is 36.2 Å². The number of nitrogens with two attached hydrogens (primary N) is 2. The Balaban J connectivity index is 0. The van der Waals surface area contributed by atoms with Crippen molar-refractivity contribution in [3.8, 4) is 0 Å². The van der Waals surface area contributed by atoms with Crippen LogP contribution in [-0.4, -0.2) is 29.6 Å². The van der Waals surface area contributed by atoms with Gasteiger partial charge in [0.15, 0.2) is 0 Å². The van der Waals surface area contributed by atoms with Crippen LogP contribution in [0.2, 0.25) is 0 Å². The van der Waals surface area contributed by atoms with Gasteiger partial charge in [-0.15, -0.1) is 36.2 Å². The fraction of sp³-hybridized carbons (Fsp3) is 0.400. The first-order valence-electron chi connectivity index (χ1n) is 4.93. The third kappa shape index (κ3) is 7.31. The van der Waals surface area contributed by atoms with Crippen LogP contribution in [0.1, 0.15) is 9.75 Å². The van der Waals surface area contributed by atoms with Crippen molar-refractivity contribution in [2.75, 3.05) is 6.67 Å². The molecule has 0 radical (unpaired) electrons. The summed E-state index contributed by atoms with van der Waals surface area (Å²) in [4.78, 5) is 16.1. The third-order valence-electron chi connectivity index (χ3n) is 2.03. The third-order valence-corrected chi connectivity index (χ3v) is 3.12. The highest BCUT2D eigenvalue weighted by Crippen LogP contribution is 2.18. The molecule has 1 rings (SSSR count). The van der Waals surface area contributed by atoms with Crippen molar-refractivity contribution >= 4 is 48.0 Å². The maximum Gasteiger partial charge on any atom is 0.320 e. The van der Waals surface area contributed by atoms with E-state index in [9.17, 15) is 9.18 Å². The average Bonchev–Trinajstić information content (AvgIpc) is 2.73. The first-order chi connectivity index (χ1) is 8.02. The Labute approximate surface area is 126 Å². The van der Waals surface area contributed by atoms with Crippen LogP contribution in [-0.2, 0) is 17.8 Å². The average molecular weight is 332 g/mol. The molecule has 0 aromatic carbocycles. The van der Waals surface area contributed by atoms with Gasteiger partial charge >= 0.3 is 5.97 Å². The van der Waals surface area contributed by atoms with E-state index in [1.165, 1.54) is 11.3 Å². The second kappa shape index (κ2) is 9.96. The molecule has 0 saturated heterocycles. The molecule has 0 amide bonds. The summed E-state index contributed by atoms with van der Waals surface area (Å²) < 4.78 is 12.0. The Bertz CT molecular complexity index is 429. The van der Waals surface area contributed by atoms with E-state index in [2.05, 4.69) is 4.99 Å². The van der Waals surface area contributed by atoms with E-state index in [1.807, 2.05) is 6.07 Å². The summed E-state index contributed by atoms with van der Waals surface area (Å²) in [6.45, 7) is -0.454. The van der Waals surface area contributed by atoms with Gasteiger partial charge in [0.25, 0.3) is 0 Å². The summed E-state index contributed by atoms with van der Waals surface area (Å²) in [5.41, 5.74) is 10.6. The van der Waals surface area contributed by atoms with Crippen molar-refractivity contribution in [1.82, 2.24) is 0 Å². The van der Waals surface area contributed by atoms with Crippen LogP contribution in [0.25, 0.3) is 0 Å². The molecule has 19 heavy (non-hydrogen) atoms. The molecule has 5 N–H and O–H groups in total. The Morgan fingerprint density at radius 1 is 1.42 bits per heavy atom. The van der Waals surface area contributed by atoms with Gasteiger partial charge in [-0.1, -0.05) is 0 Å². The van der Waals surface area contributed by atoms with Gasteiger partial charge in [0.2, 0.25) is 0 Å². The number of halogens is 3. The van der Waals surface area contributed by atoms with E-state index in [1.54, 1.807) is 6.07 Å². The van der Waals surface area contributed by atoms with Crippen molar-refractivity contribution in [3.63, 3.8) is 0 Å². The molecule has 0 aliphatic rings. The topological polar surface area (TPSA) is 102 Å². The lowest BCUT2D eigenvalue weighted by molar-refractivity contribution is -0.138. The van der Waals surface area contributed by atoms with Crippen molar-refractivity contribution in [2.24, 2.45) is 16.5 Å². The minimum absolute atomic E-state index is 0. The molecule has 0 aliphatic heterocycles. The summed E-state index contributed by atoms with van der Waals surface area (Å²) in [7, 11) is 0. The van der Waals surface area contributed by atoms with Crippen molar-refractivity contribution in [1.29, 1.82) is 0 Å². The van der Waals surface area contributed by atoms with E-state index in [4.69, 9.17) is 16.6 Å². The maximum absolute atomic E-state index is 12.0. The molecule has 0 aliphatic carbocycles. The molecule has 9 heteroatoms. The first kappa shape index (κ1) is 20.4. The SMILES string of the molecule is Cl.Cl.NC(CF)=NCc1ccc(C[C@H](N)C(=O)O)s1. The number of thiophene rings is 1.